The lowest BCUT2D eigenvalue weighted by molar-refractivity contribution is 0.282. The second-order valence-corrected chi connectivity index (χ2v) is 4.76. The second-order valence-electron chi connectivity index (χ2n) is 4.76. The van der Waals surface area contributed by atoms with E-state index in [1.54, 1.807) is 14.2 Å². The van der Waals surface area contributed by atoms with Crippen LogP contribution >= 0.6 is 0 Å². The van der Waals surface area contributed by atoms with Crippen LogP contribution in [0.25, 0.3) is 0 Å². The molecular weight excluding hydrogens is 252 g/mol. The summed E-state index contributed by atoms with van der Waals surface area (Å²) in [6, 6.07) is 6.22. The molecule has 0 radical (unpaired) electrons. The second kappa shape index (κ2) is 8.82. The Kier molecular flexibility index (Phi) is 7.41. The number of benzene rings is 1. The van der Waals surface area contributed by atoms with E-state index in [2.05, 4.69) is 30.1 Å². The molecule has 4 nitrogen and oxygen atoms in total. The number of hydrogen-bond acceptors (Lipinski definition) is 4. The minimum Gasteiger partial charge on any atom is -0.497 e. The van der Waals surface area contributed by atoms with Gasteiger partial charge in [0.05, 0.1) is 14.2 Å². The maximum absolute atomic E-state index is 5.48. The van der Waals surface area contributed by atoms with Gasteiger partial charge in [0, 0.05) is 11.6 Å². The fraction of sp³-hybridized carbons (Fsp3) is 0.625. The summed E-state index contributed by atoms with van der Waals surface area (Å²) < 4.78 is 10.8. The van der Waals surface area contributed by atoms with Crippen LogP contribution in [0.15, 0.2) is 18.2 Å². The molecule has 20 heavy (non-hydrogen) atoms. The summed E-state index contributed by atoms with van der Waals surface area (Å²) in [6.07, 6.45) is 1.04. The Morgan fingerprint density at radius 1 is 1.15 bits per heavy atom. The molecule has 1 aromatic carbocycles. The first kappa shape index (κ1) is 16.8. The van der Waals surface area contributed by atoms with Gasteiger partial charge in [-0.1, -0.05) is 13.8 Å². The van der Waals surface area contributed by atoms with Gasteiger partial charge in [-0.25, -0.2) is 0 Å². The van der Waals surface area contributed by atoms with Gasteiger partial charge in [0.2, 0.25) is 0 Å². The predicted octanol–water partition coefficient (Wildman–Crippen LogP) is 2.70. The minimum atomic E-state index is 0.264. The van der Waals surface area contributed by atoms with E-state index in [9.17, 15) is 0 Å². The molecule has 0 saturated carbocycles. The largest absolute Gasteiger partial charge is 0.497 e. The SMILES string of the molecule is CCN(CC)CCC(NC)c1cc(OC)ccc1OC. The Balaban J connectivity index is 2.87. The van der Waals surface area contributed by atoms with E-state index in [-0.39, 0.29) is 6.04 Å². The monoisotopic (exact) mass is 280 g/mol. The highest BCUT2D eigenvalue weighted by molar-refractivity contribution is 5.42. The fourth-order valence-electron chi connectivity index (χ4n) is 2.42. The average molecular weight is 280 g/mol. The summed E-state index contributed by atoms with van der Waals surface area (Å²) >= 11 is 0. The van der Waals surface area contributed by atoms with Crippen LogP contribution in [0.2, 0.25) is 0 Å². The van der Waals surface area contributed by atoms with E-state index in [0.29, 0.717) is 0 Å². The van der Waals surface area contributed by atoms with Crippen molar-refractivity contribution in [1.82, 2.24) is 10.2 Å². The minimum absolute atomic E-state index is 0.264. The molecule has 114 valence electrons. The lowest BCUT2D eigenvalue weighted by Crippen LogP contribution is -2.28. The van der Waals surface area contributed by atoms with Gasteiger partial charge in [0.25, 0.3) is 0 Å². The molecule has 0 aliphatic carbocycles. The van der Waals surface area contributed by atoms with Crippen LogP contribution in [0.5, 0.6) is 11.5 Å². The van der Waals surface area contributed by atoms with Crippen molar-refractivity contribution in [1.29, 1.82) is 0 Å². The molecule has 1 atom stereocenters. The number of nitrogens with zero attached hydrogens (tertiary/aromatic N) is 1. The summed E-state index contributed by atoms with van der Waals surface area (Å²) in [5.74, 6) is 1.77. The summed E-state index contributed by atoms with van der Waals surface area (Å²) in [6.45, 7) is 7.64. The Morgan fingerprint density at radius 2 is 1.85 bits per heavy atom. The first-order valence-corrected chi connectivity index (χ1v) is 7.31. The van der Waals surface area contributed by atoms with Crippen molar-refractivity contribution in [3.05, 3.63) is 23.8 Å². The zero-order valence-electron chi connectivity index (χ0n) is 13.4. The average Bonchev–Trinajstić information content (AvgIpc) is 2.51. The third kappa shape index (κ3) is 4.39. The van der Waals surface area contributed by atoms with Crippen LogP contribution in [0.1, 0.15) is 31.9 Å². The topological polar surface area (TPSA) is 33.7 Å². The molecule has 0 fully saturated rings. The molecule has 0 heterocycles. The molecule has 0 spiro atoms. The maximum atomic E-state index is 5.48. The molecule has 0 saturated heterocycles. The number of nitrogens with one attached hydrogen (secondary N) is 1. The lowest BCUT2D eigenvalue weighted by atomic mass is 10.0. The van der Waals surface area contributed by atoms with E-state index < -0.39 is 0 Å². The standard InChI is InChI=1S/C16H28N2O2/c1-6-18(7-2)11-10-15(17-3)14-12-13(19-4)8-9-16(14)20-5/h8-9,12,15,17H,6-7,10-11H2,1-5H3. The van der Waals surface area contributed by atoms with Gasteiger partial charge in [-0.2, -0.15) is 0 Å². The summed E-state index contributed by atoms with van der Waals surface area (Å²) in [4.78, 5) is 2.43. The van der Waals surface area contributed by atoms with Crippen molar-refractivity contribution in [2.24, 2.45) is 0 Å². The highest BCUT2D eigenvalue weighted by Crippen LogP contribution is 2.30. The van der Waals surface area contributed by atoms with Crippen LogP contribution in [0, 0.1) is 0 Å². The van der Waals surface area contributed by atoms with Gasteiger partial charge in [0.1, 0.15) is 11.5 Å². The van der Waals surface area contributed by atoms with Crippen molar-refractivity contribution in [3.8, 4) is 11.5 Å². The summed E-state index contributed by atoms with van der Waals surface area (Å²) in [7, 11) is 5.39. The van der Waals surface area contributed by atoms with E-state index in [4.69, 9.17) is 9.47 Å². The Bertz CT molecular complexity index is 392. The van der Waals surface area contributed by atoms with E-state index >= 15 is 0 Å². The van der Waals surface area contributed by atoms with E-state index in [0.717, 1.165) is 43.1 Å². The third-order valence-electron chi connectivity index (χ3n) is 3.79. The van der Waals surface area contributed by atoms with E-state index in [1.165, 1.54) is 0 Å². The van der Waals surface area contributed by atoms with Gasteiger partial charge in [-0.05, 0) is 51.3 Å². The molecule has 1 N–H and O–H groups in total. The molecule has 0 aliphatic heterocycles. The third-order valence-corrected chi connectivity index (χ3v) is 3.79. The molecule has 1 unspecified atom stereocenters. The fourth-order valence-corrected chi connectivity index (χ4v) is 2.42. The van der Waals surface area contributed by atoms with Gasteiger partial charge in [0.15, 0.2) is 0 Å². The van der Waals surface area contributed by atoms with Crippen LogP contribution in [-0.2, 0) is 0 Å². The van der Waals surface area contributed by atoms with Gasteiger partial charge in [-0.3, -0.25) is 0 Å². The molecule has 0 amide bonds. The molecule has 0 aliphatic rings. The van der Waals surface area contributed by atoms with Gasteiger partial charge < -0.3 is 19.7 Å². The van der Waals surface area contributed by atoms with Crippen LogP contribution in [-0.4, -0.2) is 45.8 Å². The first-order chi connectivity index (χ1) is 9.69. The molecular formula is C16H28N2O2. The van der Waals surface area contributed by atoms with Crippen LogP contribution < -0.4 is 14.8 Å². The van der Waals surface area contributed by atoms with Crippen LogP contribution in [0.4, 0.5) is 0 Å². The number of rotatable bonds is 9. The smallest absolute Gasteiger partial charge is 0.123 e. The van der Waals surface area contributed by atoms with E-state index in [1.807, 2.05) is 19.2 Å². The zero-order chi connectivity index (χ0) is 15.0. The molecule has 0 bridgehead atoms. The van der Waals surface area contributed by atoms with Crippen molar-refractivity contribution >= 4 is 0 Å². The molecule has 1 rings (SSSR count). The highest BCUT2D eigenvalue weighted by Gasteiger charge is 2.16. The zero-order valence-corrected chi connectivity index (χ0v) is 13.4. The van der Waals surface area contributed by atoms with Crippen molar-refractivity contribution in [2.45, 2.75) is 26.3 Å². The van der Waals surface area contributed by atoms with Crippen molar-refractivity contribution in [3.63, 3.8) is 0 Å². The molecule has 0 aromatic heterocycles. The lowest BCUT2D eigenvalue weighted by Gasteiger charge is -2.24. The Hall–Kier alpha value is -1.26. The quantitative estimate of drug-likeness (QED) is 0.754. The number of hydrogen-bond donors (Lipinski definition) is 1. The van der Waals surface area contributed by atoms with Crippen LogP contribution in [0.3, 0.4) is 0 Å². The number of methoxy groups -OCH3 is 2. The highest BCUT2D eigenvalue weighted by atomic mass is 16.5. The number of ether oxygens (including phenoxy) is 2. The molecule has 1 aromatic rings. The predicted molar refractivity (Wildman–Crippen MR) is 83.8 cm³/mol. The normalized spacial score (nSPS) is 12.5. The maximum Gasteiger partial charge on any atom is 0.123 e. The molecule has 4 heteroatoms. The summed E-state index contributed by atoms with van der Waals surface area (Å²) in [5, 5.41) is 3.39. The Morgan fingerprint density at radius 3 is 2.35 bits per heavy atom. The summed E-state index contributed by atoms with van der Waals surface area (Å²) in [5.41, 5.74) is 1.15. The van der Waals surface area contributed by atoms with Gasteiger partial charge >= 0.3 is 0 Å². The van der Waals surface area contributed by atoms with Crippen molar-refractivity contribution < 1.29 is 9.47 Å². The first-order valence-electron chi connectivity index (χ1n) is 7.31. The van der Waals surface area contributed by atoms with Gasteiger partial charge in [-0.15, -0.1) is 0 Å². The van der Waals surface area contributed by atoms with Crippen molar-refractivity contribution in [2.75, 3.05) is 40.9 Å². The Labute approximate surface area is 123 Å².